The predicted molar refractivity (Wildman–Crippen MR) is 73.6 cm³/mol. The first kappa shape index (κ1) is 10.9. The lowest BCUT2D eigenvalue weighted by Crippen LogP contribution is -2.67. The zero-order chi connectivity index (χ0) is 13.7. The summed E-state index contributed by atoms with van der Waals surface area (Å²) in [7, 11) is 1.59. The van der Waals surface area contributed by atoms with Gasteiger partial charge in [-0.25, -0.2) is 23.5 Å². The number of hydrogen-bond acceptors (Lipinski definition) is 2. The van der Waals surface area contributed by atoms with E-state index in [2.05, 4.69) is 24.3 Å². The summed E-state index contributed by atoms with van der Waals surface area (Å²) in [5, 5.41) is 0. The molecule has 2 aliphatic heterocycles. The second-order valence-corrected chi connectivity index (χ2v) is 6.72. The van der Waals surface area contributed by atoms with E-state index >= 15 is 0 Å². The van der Waals surface area contributed by atoms with Crippen LogP contribution >= 0.6 is 0 Å². The van der Waals surface area contributed by atoms with Crippen LogP contribution < -0.4 is 11.4 Å². The fourth-order valence-corrected chi connectivity index (χ4v) is 5.46. The van der Waals surface area contributed by atoms with Gasteiger partial charge in [-0.1, -0.05) is 24.3 Å². The predicted octanol–water partition coefficient (Wildman–Crippen LogP) is 1.13. The highest BCUT2D eigenvalue weighted by molar-refractivity contribution is 5.37. The van der Waals surface area contributed by atoms with Gasteiger partial charge in [0, 0.05) is 17.9 Å². The molecular weight excluding hydrogens is 254 g/mol. The quantitative estimate of drug-likeness (QED) is 0.710. The molecule has 3 heterocycles. The van der Waals surface area contributed by atoms with Crippen LogP contribution in [-0.2, 0) is 7.05 Å². The molecule has 0 aromatic carbocycles. The molecule has 1 aromatic heterocycles. The van der Waals surface area contributed by atoms with E-state index in [9.17, 15) is 9.59 Å². The smallest absolute Gasteiger partial charge is 0.246 e. The maximum atomic E-state index is 12.4. The van der Waals surface area contributed by atoms with Gasteiger partial charge in [0.15, 0.2) is 0 Å². The fraction of sp³-hybridized carbons (Fsp3) is 0.600. The van der Waals surface area contributed by atoms with Crippen LogP contribution in [0.2, 0.25) is 0 Å². The van der Waals surface area contributed by atoms with E-state index in [1.807, 2.05) is 0 Å². The van der Waals surface area contributed by atoms with Crippen molar-refractivity contribution < 1.29 is 0 Å². The molecule has 0 amide bonds. The second kappa shape index (κ2) is 2.95. The van der Waals surface area contributed by atoms with E-state index in [-0.39, 0.29) is 34.3 Å². The maximum Gasteiger partial charge on any atom is 0.347 e. The van der Waals surface area contributed by atoms with Gasteiger partial charge in [-0.05, 0) is 25.7 Å². The number of nitrogens with zero attached hydrogens (tertiary/aromatic N) is 3. The van der Waals surface area contributed by atoms with Gasteiger partial charge in [0.25, 0.3) is 0 Å². The Morgan fingerprint density at radius 1 is 0.950 bits per heavy atom. The van der Waals surface area contributed by atoms with Crippen molar-refractivity contribution in [2.45, 2.75) is 37.8 Å². The van der Waals surface area contributed by atoms with Crippen LogP contribution in [0, 0.1) is 10.8 Å². The van der Waals surface area contributed by atoms with Crippen molar-refractivity contribution in [3.8, 4) is 0 Å². The standard InChI is InChI=1S/C15H17N3O2/c1-16-12(19)17-10-4-5-11(18(17)13(16)20)15-7-3-2-6-14(10,15)8-9-15/h2-3,6-7,10-11H,4-5,8-9H2,1H3/t10-,11?,14+,15?/m0/s1. The number of fused-ring (bicyclic) bond motifs is 1. The number of rotatable bonds is 0. The van der Waals surface area contributed by atoms with Gasteiger partial charge in [0.2, 0.25) is 0 Å². The normalized spacial score (nSPS) is 42.9. The van der Waals surface area contributed by atoms with E-state index in [1.54, 1.807) is 16.4 Å². The van der Waals surface area contributed by atoms with Gasteiger partial charge < -0.3 is 0 Å². The Morgan fingerprint density at radius 2 is 1.40 bits per heavy atom. The molecule has 0 saturated heterocycles. The third kappa shape index (κ3) is 0.807. The molecule has 5 heteroatoms. The first-order chi connectivity index (χ1) is 9.62. The van der Waals surface area contributed by atoms with E-state index in [1.165, 1.54) is 4.57 Å². The lowest BCUT2D eigenvalue weighted by atomic mass is 9.39. The Morgan fingerprint density at radius 3 is 1.80 bits per heavy atom. The molecule has 4 atom stereocenters. The molecule has 0 spiro atoms. The van der Waals surface area contributed by atoms with Crippen molar-refractivity contribution in [3.05, 3.63) is 45.3 Å². The highest BCUT2D eigenvalue weighted by Crippen LogP contribution is 2.75. The molecule has 1 aromatic rings. The van der Waals surface area contributed by atoms with E-state index < -0.39 is 0 Å². The van der Waals surface area contributed by atoms with E-state index in [0.29, 0.717) is 0 Å². The molecule has 2 saturated carbocycles. The fourth-order valence-electron chi connectivity index (χ4n) is 5.46. The van der Waals surface area contributed by atoms with Crippen LogP contribution in [-0.4, -0.2) is 13.9 Å². The first-order valence-electron chi connectivity index (χ1n) is 7.39. The molecule has 2 unspecified atom stereocenters. The van der Waals surface area contributed by atoms with Gasteiger partial charge in [-0.3, -0.25) is 0 Å². The molecular formula is C15H17N3O2. The molecule has 5 aliphatic rings. The lowest BCUT2D eigenvalue weighted by Gasteiger charge is -2.70. The van der Waals surface area contributed by atoms with Crippen molar-refractivity contribution in [2.24, 2.45) is 17.9 Å². The molecule has 20 heavy (non-hydrogen) atoms. The van der Waals surface area contributed by atoms with Crippen LogP contribution in [0.5, 0.6) is 0 Å². The molecule has 3 aliphatic carbocycles. The summed E-state index contributed by atoms with van der Waals surface area (Å²) in [5.41, 5.74) is -0.157. The summed E-state index contributed by atoms with van der Waals surface area (Å²) < 4.78 is 4.79. The second-order valence-electron chi connectivity index (χ2n) is 6.72. The highest BCUT2D eigenvalue weighted by Gasteiger charge is 2.70. The van der Waals surface area contributed by atoms with Crippen LogP contribution in [0.25, 0.3) is 0 Å². The summed E-state index contributed by atoms with van der Waals surface area (Å²) in [6.07, 6.45) is 13.1. The first-order valence-corrected chi connectivity index (χ1v) is 7.39. The molecule has 6 rings (SSSR count). The molecule has 104 valence electrons. The zero-order valence-electron chi connectivity index (χ0n) is 11.5. The zero-order valence-corrected chi connectivity index (χ0v) is 11.5. The van der Waals surface area contributed by atoms with Crippen LogP contribution in [0.15, 0.2) is 33.9 Å². The summed E-state index contributed by atoms with van der Waals surface area (Å²) in [6, 6.07) is 0.285. The van der Waals surface area contributed by atoms with Crippen LogP contribution in [0.4, 0.5) is 0 Å². The Kier molecular flexibility index (Phi) is 1.61. The van der Waals surface area contributed by atoms with E-state index in [0.717, 1.165) is 25.7 Å². The average Bonchev–Trinajstić information content (AvgIpc) is 2.67. The van der Waals surface area contributed by atoms with Crippen molar-refractivity contribution in [1.82, 2.24) is 13.9 Å². The number of hydrogen-bond donors (Lipinski definition) is 0. The molecule has 2 bridgehead atoms. The van der Waals surface area contributed by atoms with Gasteiger partial charge >= 0.3 is 11.4 Å². The van der Waals surface area contributed by atoms with Gasteiger partial charge in [-0.2, -0.15) is 0 Å². The highest BCUT2D eigenvalue weighted by atomic mass is 16.2. The minimum Gasteiger partial charge on any atom is -0.246 e. The Labute approximate surface area is 115 Å². The monoisotopic (exact) mass is 271 g/mol. The SMILES string of the molecule is Cn1c(=O)n2n(c1=O)[C@H]1CCC2C23C=CC=C[C@@]12CC3. The largest absolute Gasteiger partial charge is 0.347 e. The number of allylic oxidation sites excluding steroid dienone is 4. The summed E-state index contributed by atoms with van der Waals surface area (Å²) in [4.78, 5) is 24.9. The van der Waals surface area contributed by atoms with Crippen molar-refractivity contribution in [2.75, 3.05) is 0 Å². The topological polar surface area (TPSA) is 48.9 Å². The van der Waals surface area contributed by atoms with Gasteiger partial charge in [0.05, 0.1) is 12.1 Å². The number of aromatic nitrogens is 3. The van der Waals surface area contributed by atoms with Crippen LogP contribution in [0.1, 0.15) is 37.8 Å². The van der Waals surface area contributed by atoms with Gasteiger partial charge in [-0.15, -0.1) is 0 Å². The third-order valence-corrected chi connectivity index (χ3v) is 6.41. The van der Waals surface area contributed by atoms with Crippen molar-refractivity contribution in [1.29, 1.82) is 0 Å². The summed E-state index contributed by atoms with van der Waals surface area (Å²) >= 11 is 0. The minimum absolute atomic E-state index is 0.0717. The Hall–Kier alpha value is -1.78. The van der Waals surface area contributed by atoms with Gasteiger partial charge in [0.1, 0.15) is 0 Å². The molecule has 5 nitrogen and oxygen atoms in total. The Balaban J connectivity index is 1.92. The Bertz CT molecular complexity index is 743. The lowest BCUT2D eigenvalue weighted by molar-refractivity contribution is -0.164. The molecule has 0 N–H and O–H groups in total. The van der Waals surface area contributed by atoms with E-state index in [4.69, 9.17) is 0 Å². The van der Waals surface area contributed by atoms with Crippen LogP contribution in [0.3, 0.4) is 0 Å². The van der Waals surface area contributed by atoms with Crippen molar-refractivity contribution in [3.63, 3.8) is 0 Å². The third-order valence-electron chi connectivity index (χ3n) is 6.41. The minimum atomic E-state index is -0.150. The maximum absolute atomic E-state index is 12.4. The molecule has 2 fully saturated rings. The van der Waals surface area contributed by atoms with Crippen molar-refractivity contribution >= 4 is 0 Å². The summed E-state index contributed by atoms with van der Waals surface area (Å²) in [5.74, 6) is 0. The average molecular weight is 271 g/mol. The molecule has 0 radical (unpaired) electrons. The summed E-state index contributed by atoms with van der Waals surface area (Å²) in [6.45, 7) is 0.